The van der Waals surface area contributed by atoms with Crippen LogP contribution in [-0.4, -0.2) is 37.6 Å². The Bertz CT molecular complexity index is 93.0. The highest BCUT2D eigenvalue weighted by molar-refractivity contribution is 4.84. The van der Waals surface area contributed by atoms with E-state index in [9.17, 15) is 5.11 Å². The molecule has 2 unspecified atom stereocenters. The molecule has 0 aromatic rings. The van der Waals surface area contributed by atoms with Gasteiger partial charge in [-0.1, -0.05) is 0 Å². The average molecular weight is 146 g/mol. The van der Waals surface area contributed by atoms with Crippen LogP contribution in [0, 0.1) is 0 Å². The van der Waals surface area contributed by atoms with Gasteiger partial charge in [-0.05, 0) is 0 Å². The normalized spacial score (nSPS) is 40.5. The zero-order valence-electron chi connectivity index (χ0n) is 6.41. The predicted octanol–water partition coefficient (Wildman–Crippen LogP) is 0.171. The SMILES string of the molecule is COC1CC(O)CC1OC. The van der Waals surface area contributed by atoms with Gasteiger partial charge in [-0.3, -0.25) is 0 Å². The van der Waals surface area contributed by atoms with E-state index in [0.29, 0.717) is 12.8 Å². The summed E-state index contributed by atoms with van der Waals surface area (Å²) in [6, 6.07) is 0. The van der Waals surface area contributed by atoms with Crippen LogP contribution in [0.4, 0.5) is 0 Å². The van der Waals surface area contributed by atoms with Crippen LogP contribution in [0.5, 0.6) is 0 Å². The van der Waals surface area contributed by atoms with E-state index >= 15 is 0 Å². The largest absolute Gasteiger partial charge is 0.393 e. The molecule has 1 saturated carbocycles. The molecule has 0 aliphatic heterocycles. The second-order valence-electron chi connectivity index (χ2n) is 2.67. The summed E-state index contributed by atoms with van der Waals surface area (Å²) in [5.41, 5.74) is 0. The highest BCUT2D eigenvalue weighted by atomic mass is 16.5. The van der Waals surface area contributed by atoms with Gasteiger partial charge in [-0.2, -0.15) is 0 Å². The van der Waals surface area contributed by atoms with E-state index in [2.05, 4.69) is 0 Å². The van der Waals surface area contributed by atoms with Gasteiger partial charge in [-0.15, -0.1) is 0 Å². The molecular weight excluding hydrogens is 132 g/mol. The molecule has 1 aliphatic rings. The molecule has 0 radical (unpaired) electrons. The Balaban J connectivity index is 2.41. The first-order chi connectivity index (χ1) is 4.77. The van der Waals surface area contributed by atoms with E-state index in [1.807, 2.05) is 0 Å². The van der Waals surface area contributed by atoms with Gasteiger partial charge in [0.05, 0.1) is 18.3 Å². The van der Waals surface area contributed by atoms with Gasteiger partial charge in [0.2, 0.25) is 0 Å². The van der Waals surface area contributed by atoms with E-state index in [1.165, 1.54) is 0 Å². The molecule has 60 valence electrons. The third-order valence-electron chi connectivity index (χ3n) is 2.03. The van der Waals surface area contributed by atoms with Gasteiger partial charge in [-0.25, -0.2) is 0 Å². The molecule has 0 aromatic heterocycles. The minimum absolute atomic E-state index is 0.0833. The molecule has 0 bridgehead atoms. The van der Waals surface area contributed by atoms with Crippen LogP contribution in [0.2, 0.25) is 0 Å². The van der Waals surface area contributed by atoms with E-state index in [1.54, 1.807) is 14.2 Å². The van der Waals surface area contributed by atoms with Crippen molar-refractivity contribution in [2.45, 2.75) is 31.2 Å². The Morgan fingerprint density at radius 1 is 1.10 bits per heavy atom. The number of hydrogen-bond acceptors (Lipinski definition) is 3. The maximum absolute atomic E-state index is 9.17. The first-order valence-corrected chi connectivity index (χ1v) is 3.51. The van der Waals surface area contributed by atoms with Crippen LogP contribution in [0.1, 0.15) is 12.8 Å². The van der Waals surface area contributed by atoms with Crippen molar-refractivity contribution >= 4 is 0 Å². The Hall–Kier alpha value is -0.120. The van der Waals surface area contributed by atoms with Crippen molar-refractivity contribution in [3.63, 3.8) is 0 Å². The maximum Gasteiger partial charge on any atom is 0.0858 e. The monoisotopic (exact) mass is 146 g/mol. The summed E-state index contributed by atoms with van der Waals surface area (Å²) in [7, 11) is 3.30. The second-order valence-corrected chi connectivity index (χ2v) is 2.67. The highest BCUT2D eigenvalue weighted by Crippen LogP contribution is 2.23. The fourth-order valence-corrected chi connectivity index (χ4v) is 1.43. The molecule has 3 heteroatoms. The topological polar surface area (TPSA) is 38.7 Å². The molecule has 0 heterocycles. The summed E-state index contributed by atoms with van der Waals surface area (Å²) in [5.74, 6) is 0. The Morgan fingerprint density at radius 2 is 1.50 bits per heavy atom. The number of ether oxygens (including phenoxy) is 2. The van der Waals surface area contributed by atoms with Gasteiger partial charge in [0, 0.05) is 27.1 Å². The third kappa shape index (κ3) is 1.48. The van der Waals surface area contributed by atoms with Crippen LogP contribution in [-0.2, 0) is 9.47 Å². The maximum atomic E-state index is 9.17. The van der Waals surface area contributed by atoms with Crippen molar-refractivity contribution < 1.29 is 14.6 Å². The van der Waals surface area contributed by atoms with Crippen molar-refractivity contribution in [2.24, 2.45) is 0 Å². The lowest BCUT2D eigenvalue weighted by atomic mass is 10.3. The van der Waals surface area contributed by atoms with Crippen LogP contribution < -0.4 is 0 Å². The predicted molar refractivity (Wildman–Crippen MR) is 36.8 cm³/mol. The lowest BCUT2D eigenvalue weighted by molar-refractivity contribution is -0.0157. The molecule has 0 spiro atoms. The highest BCUT2D eigenvalue weighted by Gasteiger charge is 2.33. The van der Waals surface area contributed by atoms with Gasteiger partial charge >= 0.3 is 0 Å². The average Bonchev–Trinajstić information content (AvgIpc) is 2.30. The van der Waals surface area contributed by atoms with Crippen molar-refractivity contribution in [3.05, 3.63) is 0 Å². The van der Waals surface area contributed by atoms with Crippen LogP contribution in [0.25, 0.3) is 0 Å². The van der Waals surface area contributed by atoms with E-state index in [0.717, 1.165) is 0 Å². The number of hydrogen-bond donors (Lipinski definition) is 1. The first kappa shape index (κ1) is 7.98. The fourth-order valence-electron chi connectivity index (χ4n) is 1.43. The summed E-state index contributed by atoms with van der Waals surface area (Å²) in [6.07, 6.45) is 1.33. The van der Waals surface area contributed by atoms with Crippen LogP contribution >= 0.6 is 0 Å². The smallest absolute Gasteiger partial charge is 0.0858 e. The van der Waals surface area contributed by atoms with Gasteiger partial charge in [0.25, 0.3) is 0 Å². The molecule has 2 atom stereocenters. The number of rotatable bonds is 2. The van der Waals surface area contributed by atoms with Crippen LogP contribution in [0.15, 0.2) is 0 Å². The van der Waals surface area contributed by atoms with Gasteiger partial charge in [0.1, 0.15) is 0 Å². The standard InChI is InChI=1S/C7H14O3/c1-9-6-3-5(8)4-7(6)10-2/h5-8H,3-4H2,1-2H3. The van der Waals surface area contributed by atoms with Crippen molar-refractivity contribution in [1.82, 2.24) is 0 Å². The first-order valence-electron chi connectivity index (χ1n) is 3.51. The summed E-state index contributed by atoms with van der Waals surface area (Å²) in [6.45, 7) is 0. The minimum atomic E-state index is -0.241. The third-order valence-corrected chi connectivity index (χ3v) is 2.03. The zero-order valence-corrected chi connectivity index (χ0v) is 6.41. The van der Waals surface area contributed by atoms with Crippen molar-refractivity contribution in [2.75, 3.05) is 14.2 Å². The van der Waals surface area contributed by atoms with E-state index in [4.69, 9.17) is 9.47 Å². The number of methoxy groups -OCH3 is 2. The lowest BCUT2D eigenvalue weighted by Crippen LogP contribution is -2.23. The molecular formula is C7H14O3. The van der Waals surface area contributed by atoms with E-state index < -0.39 is 0 Å². The van der Waals surface area contributed by atoms with Crippen LogP contribution in [0.3, 0.4) is 0 Å². The molecule has 10 heavy (non-hydrogen) atoms. The fraction of sp³-hybridized carbons (Fsp3) is 1.00. The van der Waals surface area contributed by atoms with Gasteiger partial charge < -0.3 is 14.6 Å². The Kier molecular flexibility index (Phi) is 2.65. The summed E-state index contributed by atoms with van der Waals surface area (Å²) >= 11 is 0. The molecule has 1 N–H and O–H groups in total. The summed E-state index contributed by atoms with van der Waals surface area (Å²) < 4.78 is 10.2. The molecule has 3 nitrogen and oxygen atoms in total. The summed E-state index contributed by atoms with van der Waals surface area (Å²) in [5, 5.41) is 9.17. The number of aliphatic hydroxyl groups excluding tert-OH is 1. The molecule has 1 fully saturated rings. The van der Waals surface area contributed by atoms with Crippen molar-refractivity contribution in [1.29, 1.82) is 0 Å². The molecule has 1 rings (SSSR count). The summed E-state index contributed by atoms with van der Waals surface area (Å²) in [4.78, 5) is 0. The minimum Gasteiger partial charge on any atom is -0.393 e. The quantitative estimate of drug-likeness (QED) is 0.603. The molecule has 1 aliphatic carbocycles. The molecule has 0 amide bonds. The molecule has 0 aromatic carbocycles. The zero-order chi connectivity index (χ0) is 7.56. The van der Waals surface area contributed by atoms with Gasteiger partial charge in [0.15, 0.2) is 0 Å². The van der Waals surface area contributed by atoms with E-state index in [-0.39, 0.29) is 18.3 Å². The molecule has 0 saturated heterocycles. The Morgan fingerprint density at radius 3 is 1.80 bits per heavy atom. The number of aliphatic hydroxyl groups is 1. The Labute approximate surface area is 60.9 Å². The second kappa shape index (κ2) is 3.32. The van der Waals surface area contributed by atoms with Crippen molar-refractivity contribution in [3.8, 4) is 0 Å². The lowest BCUT2D eigenvalue weighted by Gasteiger charge is -2.14.